The molecule has 0 saturated heterocycles. The summed E-state index contributed by atoms with van der Waals surface area (Å²) in [4.78, 5) is 13.3. The fourth-order valence-electron chi connectivity index (χ4n) is 1.66. The highest BCUT2D eigenvalue weighted by atomic mass is 16.6. The van der Waals surface area contributed by atoms with Crippen LogP contribution in [0.3, 0.4) is 0 Å². The number of fused-ring (bicyclic) bond motifs is 1. The summed E-state index contributed by atoms with van der Waals surface area (Å²) in [6, 6.07) is 7.63. The predicted octanol–water partition coefficient (Wildman–Crippen LogP) is 1.06. The van der Waals surface area contributed by atoms with E-state index in [1.54, 1.807) is 0 Å². The molecule has 15 heavy (non-hydrogen) atoms. The van der Waals surface area contributed by atoms with Crippen molar-refractivity contribution >= 4 is 11.7 Å². The number of methoxy groups -OCH3 is 1. The van der Waals surface area contributed by atoms with Crippen molar-refractivity contribution in [1.29, 1.82) is 0 Å². The molecule has 4 nitrogen and oxygen atoms in total. The van der Waals surface area contributed by atoms with Gasteiger partial charge in [-0.2, -0.15) is 0 Å². The number of ether oxygens (including phenoxy) is 2. The van der Waals surface area contributed by atoms with Crippen molar-refractivity contribution < 1.29 is 14.3 Å². The second-order valence-corrected chi connectivity index (χ2v) is 3.48. The summed E-state index contributed by atoms with van der Waals surface area (Å²) in [6.45, 7) is 0.518. The number of nitrogens with zero attached hydrogens (tertiary/aromatic N) is 1. The van der Waals surface area contributed by atoms with Gasteiger partial charge in [0.05, 0.1) is 19.3 Å². The van der Waals surface area contributed by atoms with Crippen molar-refractivity contribution in [2.75, 3.05) is 25.6 Å². The van der Waals surface area contributed by atoms with Gasteiger partial charge < -0.3 is 14.4 Å². The van der Waals surface area contributed by atoms with Crippen LogP contribution in [0.4, 0.5) is 5.69 Å². The van der Waals surface area contributed by atoms with Gasteiger partial charge in [-0.15, -0.1) is 0 Å². The molecule has 0 unspecified atom stereocenters. The number of para-hydroxylation sites is 2. The second-order valence-electron chi connectivity index (χ2n) is 3.48. The number of hydrogen-bond acceptors (Lipinski definition) is 4. The quantitative estimate of drug-likeness (QED) is 0.645. The van der Waals surface area contributed by atoms with Crippen molar-refractivity contribution in [2.45, 2.75) is 6.10 Å². The smallest absolute Gasteiger partial charge is 0.348 e. The number of carbonyl (C=O) groups excluding carboxylic acids is 1. The number of anilines is 1. The lowest BCUT2D eigenvalue weighted by Crippen LogP contribution is -2.43. The van der Waals surface area contributed by atoms with Crippen LogP contribution in [-0.4, -0.2) is 32.8 Å². The summed E-state index contributed by atoms with van der Waals surface area (Å²) < 4.78 is 10.2. The van der Waals surface area contributed by atoms with Gasteiger partial charge in [0.2, 0.25) is 6.10 Å². The van der Waals surface area contributed by atoms with Gasteiger partial charge in [-0.3, -0.25) is 0 Å². The van der Waals surface area contributed by atoms with E-state index >= 15 is 0 Å². The summed E-state index contributed by atoms with van der Waals surface area (Å²) >= 11 is 0. The lowest BCUT2D eigenvalue weighted by atomic mass is 10.2. The summed E-state index contributed by atoms with van der Waals surface area (Å²) in [7, 11) is 3.30. The highest BCUT2D eigenvalue weighted by molar-refractivity contribution is 5.77. The first kappa shape index (κ1) is 9.83. The fourth-order valence-corrected chi connectivity index (χ4v) is 1.66. The van der Waals surface area contributed by atoms with Gasteiger partial charge in [0.1, 0.15) is 5.75 Å². The standard InChI is InChI=1S/C11H13NO3/c1-12-7-10(11(13)14-2)15-9-6-4-3-5-8(9)12/h3-6,10H,7H2,1-2H3/t10-/m0/s1. The van der Waals surface area contributed by atoms with Gasteiger partial charge in [-0.1, -0.05) is 12.1 Å². The molecule has 2 rings (SSSR count). The third-order valence-electron chi connectivity index (χ3n) is 2.45. The van der Waals surface area contributed by atoms with Gasteiger partial charge >= 0.3 is 5.97 Å². The molecular formula is C11H13NO3. The molecule has 80 valence electrons. The number of benzene rings is 1. The van der Waals surface area contributed by atoms with Crippen LogP contribution in [0.1, 0.15) is 0 Å². The Morgan fingerprint density at radius 2 is 2.27 bits per heavy atom. The van der Waals surface area contributed by atoms with E-state index in [1.807, 2.05) is 36.2 Å². The first-order valence-corrected chi connectivity index (χ1v) is 4.77. The molecule has 0 saturated carbocycles. The molecular weight excluding hydrogens is 194 g/mol. The van der Waals surface area contributed by atoms with Crippen LogP contribution in [-0.2, 0) is 9.53 Å². The summed E-state index contributed by atoms with van der Waals surface area (Å²) in [6.07, 6.45) is -0.533. The number of rotatable bonds is 1. The molecule has 0 spiro atoms. The Bertz CT molecular complexity index is 378. The molecule has 1 heterocycles. The Kier molecular flexibility index (Phi) is 2.49. The summed E-state index contributed by atoms with van der Waals surface area (Å²) in [5.74, 6) is 0.387. The topological polar surface area (TPSA) is 38.8 Å². The first-order chi connectivity index (χ1) is 7.22. The number of carbonyl (C=O) groups is 1. The van der Waals surface area contributed by atoms with E-state index in [4.69, 9.17) is 4.74 Å². The molecule has 1 aliphatic heterocycles. The molecule has 0 aromatic heterocycles. The van der Waals surface area contributed by atoms with Crippen LogP contribution < -0.4 is 9.64 Å². The molecule has 0 radical (unpaired) electrons. The molecule has 0 amide bonds. The maximum Gasteiger partial charge on any atom is 0.348 e. The summed E-state index contributed by atoms with van der Waals surface area (Å²) in [5, 5.41) is 0. The predicted molar refractivity (Wildman–Crippen MR) is 56.1 cm³/mol. The Morgan fingerprint density at radius 3 is 3.00 bits per heavy atom. The van der Waals surface area contributed by atoms with Crippen LogP contribution in [0.2, 0.25) is 0 Å². The zero-order valence-corrected chi connectivity index (χ0v) is 8.77. The highest BCUT2D eigenvalue weighted by Crippen LogP contribution is 2.31. The lowest BCUT2D eigenvalue weighted by Gasteiger charge is -2.32. The van der Waals surface area contributed by atoms with E-state index in [0.29, 0.717) is 6.54 Å². The van der Waals surface area contributed by atoms with E-state index in [-0.39, 0.29) is 5.97 Å². The molecule has 0 fully saturated rings. The molecule has 1 aromatic carbocycles. The zero-order valence-electron chi connectivity index (χ0n) is 8.77. The number of hydrogen-bond donors (Lipinski definition) is 0. The minimum Gasteiger partial charge on any atom is -0.475 e. The van der Waals surface area contributed by atoms with E-state index in [2.05, 4.69) is 4.74 Å². The van der Waals surface area contributed by atoms with E-state index in [1.165, 1.54) is 7.11 Å². The summed E-state index contributed by atoms with van der Waals surface area (Å²) in [5.41, 5.74) is 0.998. The SMILES string of the molecule is COC(=O)[C@@H]1CN(C)c2ccccc2O1. The van der Waals surface area contributed by atoms with Gasteiger partial charge in [0.15, 0.2) is 0 Å². The highest BCUT2D eigenvalue weighted by Gasteiger charge is 2.29. The Balaban J connectivity index is 2.26. The van der Waals surface area contributed by atoms with Crippen LogP contribution in [0.15, 0.2) is 24.3 Å². The molecule has 0 bridgehead atoms. The molecule has 1 atom stereocenters. The molecule has 4 heteroatoms. The third-order valence-corrected chi connectivity index (χ3v) is 2.45. The van der Waals surface area contributed by atoms with Gasteiger partial charge in [-0.25, -0.2) is 4.79 Å². The van der Waals surface area contributed by atoms with Gasteiger partial charge in [-0.05, 0) is 12.1 Å². The van der Waals surface area contributed by atoms with Gasteiger partial charge in [0.25, 0.3) is 0 Å². The molecule has 0 N–H and O–H groups in total. The van der Waals surface area contributed by atoms with Gasteiger partial charge in [0, 0.05) is 7.05 Å². The zero-order chi connectivity index (χ0) is 10.8. The Morgan fingerprint density at radius 1 is 1.53 bits per heavy atom. The lowest BCUT2D eigenvalue weighted by molar-refractivity contribution is -0.148. The minimum atomic E-state index is -0.533. The van der Waals surface area contributed by atoms with Crippen LogP contribution in [0, 0.1) is 0 Å². The van der Waals surface area contributed by atoms with E-state index in [9.17, 15) is 4.79 Å². The molecule has 1 aliphatic rings. The third kappa shape index (κ3) is 1.75. The van der Waals surface area contributed by atoms with Crippen molar-refractivity contribution in [3.05, 3.63) is 24.3 Å². The monoisotopic (exact) mass is 207 g/mol. The largest absolute Gasteiger partial charge is 0.475 e. The minimum absolute atomic E-state index is 0.337. The Hall–Kier alpha value is -1.71. The first-order valence-electron chi connectivity index (χ1n) is 4.77. The second kappa shape index (κ2) is 3.81. The van der Waals surface area contributed by atoms with Crippen LogP contribution in [0.5, 0.6) is 5.75 Å². The maximum atomic E-state index is 11.3. The van der Waals surface area contributed by atoms with Crippen LogP contribution in [0.25, 0.3) is 0 Å². The number of likely N-dealkylation sites (N-methyl/N-ethyl adjacent to an activating group) is 1. The maximum absolute atomic E-state index is 11.3. The van der Waals surface area contributed by atoms with Crippen molar-refractivity contribution in [2.24, 2.45) is 0 Å². The molecule has 0 aliphatic carbocycles. The average molecular weight is 207 g/mol. The van der Waals surface area contributed by atoms with Crippen molar-refractivity contribution in [3.63, 3.8) is 0 Å². The normalized spacial score (nSPS) is 19.1. The fraction of sp³-hybridized carbons (Fsp3) is 0.364. The van der Waals surface area contributed by atoms with E-state index in [0.717, 1.165) is 11.4 Å². The Labute approximate surface area is 88.4 Å². The number of esters is 1. The van der Waals surface area contributed by atoms with E-state index < -0.39 is 6.10 Å². The van der Waals surface area contributed by atoms with Crippen LogP contribution >= 0.6 is 0 Å². The van der Waals surface area contributed by atoms with Crippen molar-refractivity contribution in [3.8, 4) is 5.75 Å². The molecule has 1 aromatic rings. The average Bonchev–Trinajstić information content (AvgIpc) is 2.28. The van der Waals surface area contributed by atoms with Crippen molar-refractivity contribution in [1.82, 2.24) is 0 Å².